The van der Waals surface area contributed by atoms with Crippen molar-refractivity contribution < 1.29 is 4.74 Å². The van der Waals surface area contributed by atoms with Crippen molar-refractivity contribution in [1.82, 2.24) is 14.9 Å². The maximum absolute atomic E-state index is 5.85. The van der Waals surface area contributed by atoms with Crippen LogP contribution in [0, 0.1) is 20.8 Å². The molecule has 162 valence electrons. The number of anilines is 1. The lowest BCUT2D eigenvalue weighted by Gasteiger charge is -2.28. The van der Waals surface area contributed by atoms with E-state index >= 15 is 0 Å². The van der Waals surface area contributed by atoms with Gasteiger partial charge in [-0.25, -0.2) is 0 Å². The molecule has 2 aromatic heterocycles. The van der Waals surface area contributed by atoms with Gasteiger partial charge in [0.05, 0.1) is 24.4 Å². The molecule has 0 bridgehead atoms. The molecule has 1 fully saturated rings. The number of ether oxygens (including phenoxy) is 1. The van der Waals surface area contributed by atoms with Crippen molar-refractivity contribution in [3.63, 3.8) is 0 Å². The summed E-state index contributed by atoms with van der Waals surface area (Å²) < 4.78 is 8.74. The number of hydrogen-bond donors (Lipinski definition) is 1. The Bertz CT molecular complexity index is 1100. The number of benzene rings is 1. The summed E-state index contributed by atoms with van der Waals surface area (Å²) >= 11 is 9.47. The van der Waals surface area contributed by atoms with Crippen LogP contribution in [0.5, 0.6) is 0 Å². The smallest absolute Gasteiger partial charge is 0.174 e. The molecule has 0 aliphatic carbocycles. The van der Waals surface area contributed by atoms with E-state index in [4.69, 9.17) is 17.0 Å². The summed E-state index contributed by atoms with van der Waals surface area (Å²) in [7, 11) is 1.74. The van der Waals surface area contributed by atoms with Crippen LogP contribution >= 0.6 is 28.1 Å². The van der Waals surface area contributed by atoms with E-state index in [1.165, 1.54) is 22.5 Å². The predicted molar refractivity (Wildman–Crippen MR) is 133 cm³/mol. The average Bonchev–Trinajstić information content (AvgIpc) is 3.25. The van der Waals surface area contributed by atoms with Crippen molar-refractivity contribution in [1.29, 1.82) is 0 Å². The molecule has 1 aliphatic rings. The number of halogens is 1. The Balaban J connectivity index is 1.85. The second kappa shape index (κ2) is 9.10. The zero-order valence-corrected chi connectivity index (χ0v) is 20.6. The topological polar surface area (TPSA) is 42.3 Å². The lowest BCUT2D eigenvalue weighted by Crippen LogP contribution is -2.29. The lowest BCUT2D eigenvalue weighted by molar-refractivity contribution is 0.186. The van der Waals surface area contributed by atoms with E-state index < -0.39 is 0 Å². The van der Waals surface area contributed by atoms with Crippen molar-refractivity contribution in [3.05, 3.63) is 81.3 Å². The van der Waals surface area contributed by atoms with Gasteiger partial charge in [-0.2, -0.15) is 0 Å². The van der Waals surface area contributed by atoms with Gasteiger partial charge in [-0.05, 0) is 80.5 Å². The maximum atomic E-state index is 5.85. The predicted octanol–water partition coefficient (Wildman–Crippen LogP) is 5.39. The van der Waals surface area contributed by atoms with Gasteiger partial charge in [-0.15, -0.1) is 0 Å². The summed E-state index contributed by atoms with van der Waals surface area (Å²) in [6.45, 7) is 7.93. The van der Waals surface area contributed by atoms with Gasteiger partial charge in [-0.3, -0.25) is 4.98 Å². The zero-order chi connectivity index (χ0) is 22.1. The first kappa shape index (κ1) is 22.0. The number of nitrogens with one attached hydrogen (secondary N) is 1. The minimum absolute atomic E-state index is 0.00882. The summed E-state index contributed by atoms with van der Waals surface area (Å²) in [5, 5.41) is 4.26. The van der Waals surface area contributed by atoms with Crippen molar-refractivity contribution in [2.75, 3.05) is 18.6 Å². The molecular weight excluding hydrogens is 472 g/mol. The first-order chi connectivity index (χ1) is 14.9. The van der Waals surface area contributed by atoms with E-state index in [0.717, 1.165) is 22.4 Å². The van der Waals surface area contributed by atoms with Gasteiger partial charge in [-0.1, -0.05) is 22.0 Å². The Morgan fingerprint density at radius 3 is 2.65 bits per heavy atom. The van der Waals surface area contributed by atoms with Gasteiger partial charge >= 0.3 is 0 Å². The highest BCUT2D eigenvalue weighted by Gasteiger charge is 2.42. The minimum Gasteiger partial charge on any atom is -0.383 e. The van der Waals surface area contributed by atoms with Crippen LogP contribution in [-0.4, -0.2) is 28.4 Å². The largest absolute Gasteiger partial charge is 0.383 e. The second-order valence-corrected chi connectivity index (χ2v) is 9.14. The van der Waals surface area contributed by atoms with Crippen molar-refractivity contribution in [3.8, 4) is 0 Å². The third-order valence-electron chi connectivity index (χ3n) is 5.97. The first-order valence-corrected chi connectivity index (χ1v) is 11.5. The Kier molecular flexibility index (Phi) is 6.46. The fraction of sp³-hybridized carbons (Fsp3) is 0.333. The third-order valence-corrected chi connectivity index (χ3v) is 7.17. The monoisotopic (exact) mass is 498 g/mol. The van der Waals surface area contributed by atoms with Gasteiger partial charge in [0.25, 0.3) is 0 Å². The molecule has 1 aromatic carbocycles. The number of rotatable bonds is 6. The van der Waals surface area contributed by atoms with Crippen LogP contribution in [0.15, 0.2) is 53.1 Å². The fourth-order valence-corrected chi connectivity index (χ4v) is 4.97. The molecule has 1 saturated heterocycles. The van der Waals surface area contributed by atoms with Crippen LogP contribution < -0.4 is 10.2 Å². The zero-order valence-electron chi connectivity index (χ0n) is 18.2. The SMILES string of the molecule is COCCn1c(C)cc([C@H]2[C@H](c3ccccn3)NC(=S)N2c2ccc(Br)c(C)c2)c1C. The molecule has 3 aromatic rings. The molecule has 2 atom stereocenters. The van der Waals surface area contributed by atoms with Crippen LogP contribution in [-0.2, 0) is 11.3 Å². The van der Waals surface area contributed by atoms with Crippen LogP contribution in [0.1, 0.15) is 40.3 Å². The summed E-state index contributed by atoms with van der Waals surface area (Å²) in [5.41, 5.74) is 6.92. The van der Waals surface area contributed by atoms with Gasteiger partial charge in [0.1, 0.15) is 0 Å². The molecular formula is C24H27BrN4OS. The van der Waals surface area contributed by atoms with E-state index in [0.29, 0.717) is 11.7 Å². The summed E-state index contributed by atoms with van der Waals surface area (Å²) in [6.07, 6.45) is 1.84. The normalized spacial score (nSPS) is 18.5. The number of pyridine rings is 1. The molecule has 3 heterocycles. The van der Waals surface area contributed by atoms with E-state index in [-0.39, 0.29) is 12.1 Å². The standard InChI is InChI=1S/C24H27BrN4OS/c1-15-13-18(8-9-20(15)25)29-23(19-14-16(2)28(17(19)3)11-12-30-4)22(27-24(29)31)21-7-5-6-10-26-21/h5-10,13-14,22-23H,11-12H2,1-4H3,(H,27,31)/t22-,23-/m0/s1. The molecule has 0 spiro atoms. The van der Waals surface area contributed by atoms with E-state index in [2.05, 4.69) is 86.8 Å². The lowest BCUT2D eigenvalue weighted by atomic mass is 9.96. The maximum Gasteiger partial charge on any atom is 0.174 e. The van der Waals surface area contributed by atoms with E-state index in [1.807, 2.05) is 18.3 Å². The van der Waals surface area contributed by atoms with Crippen molar-refractivity contribution in [2.24, 2.45) is 0 Å². The molecule has 1 aliphatic heterocycles. The Hall–Kier alpha value is -2.22. The Labute approximate surface area is 197 Å². The summed E-state index contributed by atoms with van der Waals surface area (Å²) in [4.78, 5) is 6.89. The number of hydrogen-bond acceptors (Lipinski definition) is 3. The van der Waals surface area contributed by atoms with Crippen LogP contribution in [0.2, 0.25) is 0 Å². The highest BCUT2D eigenvalue weighted by atomic mass is 79.9. The van der Waals surface area contributed by atoms with E-state index in [9.17, 15) is 0 Å². The minimum atomic E-state index is -0.0472. The second-order valence-electron chi connectivity index (χ2n) is 7.90. The van der Waals surface area contributed by atoms with Crippen LogP contribution in [0.4, 0.5) is 5.69 Å². The highest BCUT2D eigenvalue weighted by molar-refractivity contribution is 9.10. The molecule has 0 unspecified atom stereocenters. The number of nitrogens with zero attached hydrogens (tertiary/aromatic N) is 3. The van der Waals surface area contributed by atoms with Crippen molar-refractivity contribution in [2.45, 2.75) is 39.4 Å². The van der Waals surface area contributed by atoms with E-state index in [1.54, 1.807) is 7.11 Å². The summed E-state index contributed by atoms with van der Waals surface area (Å²) in [5.74, 6) is 0. The molecule has 5 nitrogen and oxygen atoms in total. The molecule has 4 rings (SSSR count). The molecule has 31 heavy (non-hydrogen) atoms. The Morgan fingerprint density at radius 1 is 1.16 bits per heavy atom. The molecule has 7 heteroatoms. The quantitative estimate of drug-likeness (QED) is 0.461. The fourth-order valence-electron chi connectivity index (χ4n) is 4.38. The van der Waals surface area contributed by atoms with Gasteiger partial charge < -0.3 is 19.5 Å². The van der Waals surface area contributed by atoms with Gasteiger partial charge in [0.2, 0.25) is 0 Å². The van der Waals surface area contributed by atoms with Crippen molar-refractivity contribution >= 4 is 38.9 Å². The van der Waals surface area contributed by atoms with Gasteiger partial charge in [0.15, 0.2) is 5.11 Å². The first-order valence-electron chi connectivity index (χ1n) is 10.3. The third kappa shape index (κ3) is 4.14. The number of aryl methyl sites for hydroxylation is 2. The Morgan fingerprint density at radius 2 is 1.97 bits per heavy atom. The number of methoxy groups -OCH3 is 1. The summed E-state index contributed by atoms with van der Waals surface area (Å²) in [6, 6.07) is 14.6. The van der Waals surface area contributed by atoms with Crippen LogP contribution in [0.25, 0.3) is 0 Å². The molecule has 0 amide bonds. The molecule has 1 N–H and O–H groups in total. The molecule has 0 radical (unpaired) electrons. The highest BCUT2D eigenvalue weighted by Crippen LogP contribution is 2.43. The van der Waals surface area contributed by atoms with Gasteiger partial charge in [0, 0.05) is 41.4 Å². The van der Waals surface area contributed by atoms with Crippen LogP contribution in [0.3, 0.4) is 0 Å². The number of aromatic nitrogens is 2. The average molecular weight is 499 g/mol. The molecule has 0 saturated carbocycles. The number of thiocarbonyl (C=S) groups is 1.